The van der Waals surface area contributed by atoms with Gasteiger partial charge in [0.2, 0.25) is 0 Å². The lowest BCUT2D eigenvalue weighted by molar-refractivity contribution is 0.0732. The van der Waals surface area contributed by atoms with Gasteiger partial charge in [-0.05, 0) is 80.7 Å². The van der Waals surface area contributed by atoms with Gasteiger partial charge in [-0.15, -0.1) is 0 Å². The molecule has 0 N–H and O–H groups in total. The average Bonchev–Trinajstić information content (AvgIpc) is 2.61. The van der Waals surface area contributed by atoms with Crippen LogP contribution in [0.4, 0.5) is 0 Å². The normalized spacial score (nSPS) is 10.3. The Morgan fingerprint density at radius 1 is 0.704 bits per heavy atom. The summed E-state index contributed by atoms with van der Waals surface area (Å²) < 4.78 is 12.2. The molecule has 3 aromatic carbocycles. The molecular weight excluding hydrogens is 476 g/mol. The molecule has 0 bridgehead atoms. The number of hydrogen-bond donors (Lipinski definition) is 0. The molecule has 3 aromatic rings. The van der Waals surface area contributed by atoms with E-state index in [9.17, 15) is 9.59 Å². The number of esters is 2. The summed E-state index contributed by atoms with van der Waals surface area (Å²) in [4.78, 5) is 24.8. The van der Waals surface area contributed by atoms with Crippen LogP contribution in [-0.2, 0) is 0 Å². The Bertz CT molecular complexity index is 937. The van der Waals surface area contributed by atoms with Crippen LogP contribution >= 0.6 is 31.9 Å². The van der Waals surface area contributed by atoms with Crippen molar-refractivity contribution in [2.24, 2.45) is 0 Å². The van der Waals surface area contributed by atoms with Crippen molar-refractivity contribution in [1.82, 2.24) is 0 Å². The lowest BCUT2D eigenvalue weighted by Gasteiger charge is -2.10. The zero-order valence-electron chi connectivity index (χ0n) is 14.2. The minimum atomic E-state index is -0.504. The smallest absolute Gasteiger partial charge is 0.344 e. The standard InChI is InChI=1S/C21H14Br2O4/c1-13-10-14(26-20(24)16-6-2-4-8-18(16)22)12-15(11-13)27-21(25)17-7-3-5-9-19(17)23/h2-12H,1H3. The highest BCUT2D eigenvalue weighted by molar-refractivity contribution is 9.10. The molecule has 4 nitrogen and oxygen atoms in total. The topological polar surface area (TPSA) is 52.6 Å². The van der Waals surface area contributed by atoms with Crippen LogP contribution in [0.3, 0.4) is 0 Å². The van der Waals surface area contributed by atoms with E-state index in [0.29, 0.717) is 31.6 Å². The van der Waals surface area contributed by atoms with Crippen molar-refractivity contribution < 1.29 is 19.1 Å². The third-order valence-electron chi connectivity index (χ3n) is 3.63. The van der Waals surface area contributed by atoms with Crippen LogP contribution in [-0.4, -0.2) is 11.9 Å². The molecule has 0 atom stereocenters. The first-order valence-corrected chi connectivity index (χ1v) is 9.58. The minimum Gasteiger partial charge on any atom is -0.423 e. The minimum absolute atomic E-state index is 0.297. The Labute approximate surface area is 173 Å². The fraction of sp³-hybridized carbons (Fsp3) is 0.0476. The Balaban J connectivity index is 1.80. The van der Waals surface area contributed by atoms with Crippen molar-refractivity contribution in [3.05, 3.63) is 92.4 Å². The third-order valence-corrected chi connectivity index (χ3v) is 5.02. The van der Waals surface area contributed by atoms with Gasteiger partial charge in [0.15, 0.2) is 0 Å². The maximum absolute atomic E-state index is 12.4. The van der Waals surface area contributed by atoms with Crippen LogP contribution in [0.25, 0.3) is 0 Å². The Morgan fingerprint density at radius 3 is 1.52 bits per heavy atom. The van der Waals surface area contributed by atoms with E-state index in [0.717, 1.165) is 5.56 Å². The van der Waals surface area contributed by atoms with Gasteiger partial charge in [-0.1, -0.05) is 24.3 Å². The summed E-state index contributed by atoms with van der Waals surface area (Å²) in [6, 6.07) is 18.9. The highest BCUT2D eigenvalue weighted by atomic mass is 79.9. The van der Waals surface area contributed by atoms with E-state index in [1.54, 1.807) is 48.5 Å². The predicted octanol–water partition coefficient (Wildman–Crippen LogP) is 5.96. The lowest BCUT2D eigenvalue weighted by Crippen LogP contribution is -2.11. The van der Waals surface area contributed by atoms with Gasteiger partial charge >= 0.3 is 11.9 Å². The second-order valence-corrected chi connectivity index (χ2v) is 7.43. The fourth-order valence-corrected chi connectivity index (χ4v) is 3.30. The van der Waals surface area contributed by atoms with Crippen molar-refractivity contribution in [1.29, 1.82) is 0 Å². The molecule has 0 saturated carbocycles. The van der Waals surface area contributed by atoms with Gasteiger partial charge in [0, 0.05) is 15.0 Å². The molecule has 0 aliphatic heterocycles. The summed E-state index contributed by atoms with van der Waals surface area (Å²) in [5.41, 5.74) is 1.61. The molecule has 0 aliphatic rings. The number of hydrogen-bond acceptors (Lipinski definition) is 4. The monoisotopic (exact) mass is 488 g/mol. The van der Waals surface area contributed by atoms with Crippen LogP contribution in [0.1, 0.15) is 26.3 Å². The number of ether oxygens (including phenoxy) is 2. The molecule has 3 rings (SSSR count). The average molecular weight is 490 g/mol. The van der Waals surface area contributed by atoms with Gasteiger partial charge in [-0.25, -0.2) is 9.59 Å². The molecule has 0 unspecified atom stereocenters. The van der Waals surface area contributed by atoms with E-state index in [2.05, 4.69) is 31.9 Å². The van der Waals surface area contributed by atoms with Gasteiger partial charge in [0.25, 0.3) is 0 Å². The van der Waals surface area contributed by atoms with Gasteiger partial charge < -0.3 is 9.47 Å². The van der Waals surface area contributed by atoms with Crippen LogP contribution in [0.15, 0.2) is 75.7 Å². The summed E-state index contributed by atoms with van der Waals surface area (Å²) in [6.45, 7) is 1.82. The largest absolute Gasteiger partial charge is 0.423 e. The van der Waals surface area contributed by atoms with Crippen molar-refractivity contribution in [3.8, 4) is 11.5 Å². The quantitative estimate of drug-likeness (QED) is 0.335. The van der Waals surface area contributed by atoms with Gasteiger partial charge in [0.1, 0.15) is 11.5 Å². The number of halogens is 2. The third kappa shape index (κ3) is 4.84. The van der Waals surface area contributed by atoms with Crippen molar-refractivity contribution >= 4 is 43.8 Å². The molecule has 27 heavy (non-hydrogen) atoms. The molecule has 0 amide bonds. The predicted molar refractivity (Wildman–Crippen MR) is 109 cm³/mol. The molecule has 0 spiro atoms. The van der Waals surface area contributed by atoms with E-state index in [-0.39, 0.29) is 0 Å². The zero-order chi connectivity index (χ0) is 19.4. The van der Waals surface area contributed by atoms with Crippen molar-refractivity contribution in [3.63, 3.8) is 0 Å². The first-order valence-electron chi connectivity index (χ1n) is 7.99. The van der Waals surface area contributed by atoms with E-state index < -0.39 is 11.9 Å². The summed E-state index contributed by atoms with van der Waals surface area (Å²) in [5, 5.41) is 0. The van der Waals surface area contributed by atoms with Gasteiger partial charge in [-0.2, -0.15) is 0 Å². The molecule has 0 radical (unpaired) electrons. The van der Waals surface area contributed by atoms with Crippen LogP contribution in [0.2, 0.25) is 0 Å². The van der Waals surface area contributed by atoms with E-state index >= 15 is 0 Å². The van der Waals surface area contributed by atoms with E-state index in [1.165, 1.54) is 6.07 Å². The fourth-order valence-electron chi connectivity index (χ4n) is 2.41. The number of aryl methyl sites for hydroxylation is 1. The van der Waals surface area contributed by atoms with Crippen molar-refractivity contribution in [2.75, 3.05) is 0 Å². The molecule has 136 valence electrons. The number of benzene rings is 3. The molecular formula is C21H14Br2O4. The van der Waals surface area contributed by atoms with Crippen molar-refractivity contribution in [2.45, 2.75) is 6.92 Å². The first-order chi connectivity index (χ1) is 12.9. The second-order valence-electron chi connectivity index (χ2n) is 5.72. The second kappa shape index (κ2) is 8.50. The lowest BCUT2D eigenvalue weighted by atomic mass is 10.2. The van der Waals surface area contributed by atoms with Crippen LogP contribution < -0.4 is 9.47 Å². The molecule has 0 aromatic heterocycles. The zero-order valence-corrected chi connectivity index (χ0v) is 17.4. The first kappa shape index (κ1) is 19.3. The highest BCUT2D eigenvalue weighted by Gasteiger charge is 2.15. The Hall–Kier alpha value is -2.44. The number of carbonyl (C=O) groups is 2. The summed E-state index contributed by atoms with van der Waals surface area (Å²) in [7, 11) is 0. The van der Waals surface area contributed by atoms with Crippen LogP contribution in [0, 0.1) is 6.92 Å². The molecule has 0 saturated heterocycles. The SMILES string of the molecule is Cc1cc(OC(=O)c2ccccc2Br)cc(OC(=O)c2ccccc2Br)c1. The van der Waals surface area contributed by atoms with Crippen LogP contribution in [0.5, 0.6) is 11.5 Å². The molecule has 6 heteroatoms. The molecule has 0 heterocycles. The highest BCUT2D eigenvalue weighted by Crippen LogP contribution is 2.26. The van der Waals surface area contributed by atoms with Gasteiger partial charge in [-0.3, -0.25) is 0 Å². The maximum Gasteiger partial charge on any atom is 0.344 e. The summed E-state index contributed by atoms with van der Waals surface area (Å²) >= 11 is 6.66. The van der Waals surface area contributed by atoms with E-state index in [1.807, 2.05) is 19.1 Å². The summed E-state index contributed by atoms with van der Waals surface area (Å²) in [5.74, 6) is -0.413. The Kier molecular flexibility index (Phi) is 6.08. The number of carbonyl (C=O) groups excluding carboxylic acids is 2. The maximum atomic E-state index is 12.4. The number of rotatable bonds is 4. The summed E-state index contributed by atoms with van der Waals surface area (Å²) in [6.07, 6.45) is 0. The van der Waals surface area contributed by atoms with E-state index in [4.69, 9.17) is 9.47 Å². The molecule has 0 fully saturated rings. The molecule has 0 aliphatic carbocycles. The Morgan fingerprint density at radius 2 is 1.11 bits per heavy atom. The van der Waals surface area contributed by atoms with Gasteiger partial charge in [0.05, 0.1) is 11.1 Å².